The predicted octanol–water partition coefficient (Wildman–Crippen LogP) is 2.84. The zero-order valence-corrected chi connectivity index (χ0v) is 16.7. The minimum Gasteiger partial charge on any atom is -0.442 e. The smallest absolute Gasteiger partial charge is 0.414 e. The Balaban J connectivity index is 1.33. The van der Waals surface area contributed by atoms with Crippen LogP contribution < -0.4 is 15.1 Å². The predicted molar refractivity (Wildman–Crippen MR) is 109 cm³/mol. The standard InChI is InChI=1S/C19H20ClN3O4S/c20-16-8-7-15(28-16)18(25)21-10-14-11-23(19(26)27-14)13-5-3-12(4-6-13)22-9-1-2-17(22)24/h3-7,14,16H,1-2,8-11H2,(H,21,25)/t14-,16?/m0/s1. The first-order chi connectivity index (χ1) is 13.5. The fourth-order valence-corrected chi connectivity index (χ4v) is 4.66. The van der Waals surface area contributed by atoms with Crippen LogP contribution in [0.1, 0.15) is 19.3 Å². The van der Waals surface area contributed by atoms with Crippen LogP contribution in [0.2, 0.25) is 0 Å². The molecule has 0 spiro atoms. The Bertz CT molecular complexity index is 829. The maximum absolute atomic E-state index is 12.2. The van der Waals surface area contributed by atoms with E-state index in [0.29, 0.717) is 30.0 Å². The fraction of sp³-hybridized carbons (Fsp3) is 0.421. The highest BCUT2D eigenvalue weighted by molar-refractivity contribution is 8.05. The van der Waals surface area contributed by atoms with E-state index in [1.807, 2.05) is 30.3 Å². The van der Waals surface area contributed by atoms with Crippen LogP contribution >= 0.6 is 23.4 Å². The molecule has 3 aliphatic rings. The zero-order chi connectivity index (χ0) is 19.7. The third kappa shape index (κ3) is 3.98. The minimum absolute atomic E-state index is 0.0978. The molecule has 148 valence electrons. The number of hydrogen-bond acceptors (Lipinski definition) is 5. The Kier molecular flexibility index (Phi) is 5.50. The molecule has 0 bridgehead atoms. The molecule has 3 amide bonds. The molecule has 7 nitrogen and oxygen atoms in total. The second kappa shape index (κ2) is 8.05. The topological polar surface area (TPSA) is 79.0 Å². The normalized spacial score (nSPS) is 24.5. The number of ether oxygens (including phenoxy) is 1. The number of amides is 3. The molecule has 0 saturated carbocycles. The van der Waals surface area contributed by atoms with Gasteiger partial charge in [-0.15, -0.1) is 23.4 Å². The van der Waals surface area contributed by atoms with E-state index in [9.17, 15) is 14.4 Å². The Morgan fingerprint density at radius 2 is 1.93 bits per heavy atom. The molecule has 1 unspecified atom stereocenters. The van der Waals surface area contributed by atoms with Gasteiger partial charge in [-0.2, -0.15) is 0 Å². The van der Waals surface area contributed by atoms with Crippen molar-refractivity contribution in [1.82, 2.24) is 5.32 Å². The van der Waals surface area contributed by atoms with Gasteiger partial charge in [-0.25, -0.2) is 4.79 Å². The van der Waals surface area contributed by atoms with Crippen molar-refractivity contribution < 1.29 is 19.1 Å². The SMILES string of the molecule is O=C(NC[C@H]1CN(c2ccc(N3CCCC3=O)cc2)C(=O)O1)C1=CCC(Cl)S1. The number of carbonyl (C=O) groups is 3. The number of anilines is 2. The van der Waals surface area contributed by atoms with Gasteiger partial charge in [-0.05, 0) is 37.1 Å². The van der Waals surface area contributed by atoms with E-state index in [0.717, 1.165) is 18.7 Å². The van der Waals surface area contributed by atoms with Crippen LogP contribution in [0.25, 0.3) is 0 Å². The number of halogens is 1. The van der Waals surface area contributed by atoms with Crippen LogP contribution in [-0.4, -0.2) is 48.4 Å². The Hall–Kier alpha value is -2.19. The van der Waals surface area contributed by atoms with Gasteiger partial charge >= 0.3 is 6.09 Å². The van der Waals surface area contributed by atoms with Gasteiger partial charge in [0, 0.05) is 24.3 Å². The van der Waals surface area contributed by atoms with Gasteiger partial charge < -0.3 is 15.0 Å². The highest BCUT2D eigenvalue weighted by Crippen LogP contribution is 2.34. The lowest BCUT2D eigenvalue weighted by molar-refractivity contribution is -0.117. The van der Waals surface area contributed by atoms with Crippen LogP contribution in [0.4, 0.5) is 16.2 Å². The van der Waals surface area contributed by atoms with Crippen LogP contribution in [0.3, 0.4) is 0 Å². The first-order valence-corrected chi connectivity index (χ1v) is 10.5. The number of carbonyl (C=O) groups excluding carboxylic acids is 3. The van der Waals surface area contributed by atoms with Gasteiger partial charge in [0.1, 0.15) is 6.10 Å². The quantitative estimate of drug-likeness (QED) is 0.739. The summed E-state index contributed by atoms with van der Waals surface area (Å²) in [6.45, 7) is 1.32. The second-order valence-electron chi connectivity index (χ2n) is 6.82. The monoisotopic (exact) mass is 421 g/mol. The molecule has 3 aliphatic heterocycles. The van der Waals surface area contributed by atoms with Gasteiger partial charge in [0.25, 0.3) is 5.91 Å². The van der Waals surface area contributed by atoms with Crippen molar-refractivity contribution in [1.29, 1.82) is 0 Å². The number of nitrogens with one attached hydrogen (secondary N) is 1. The molecule has 4 rings (SSSR count). The summed E-state index contributed by atoms with van der Waals surface area (Å²) in [6, 6.07) is 7.30. The van der Waals surface area contributed by atoms with E-state index in [1.165, 1.54) is 16.7 Å². The summed E-state index contributed by atoms with van der Waals surface area (Å²) >= 11 is 7.31. The number of rotatable bonds is 5. The molecule has 28 heavy (non-hydrogen) atoms. The van der Waals surface area contributed by atoms with Gasteiger partial charge in [-0.1, -0.05) is 6.08 Å². The van der Waals surface area contributed by atoms with Crippen molar-refractivity contribution >= 4 is 52.6 Å². The molecule has 1 aromatic carbocycles. The van der Waals surface area contributed by atoms with Crippen molar-refractivity contribution in [3.05, 3.63) is 35.2 Å². The Labute approximate surface area is 172 Å². The Morgan fingerprint density at radius 1 is 1.21 bits per heavy atom. The summed E-state index contributed by atoms with van der Waals surface area (Å²) in [5.41, 5.74) is 1.54. The van der Waals surface area contributed by atoms with Crippen LogP contribution in [0.15, 0.2) is 35.2 Å². The number of cyclic esters (lactones) is 1. The molecule has 2 saturated heterocycles. The molecular weight excluding hydrogens is 402 g/mol. The third-order valence-corrected chi connectivity index (χ3v) is 6.38. The summed E-state index contributed by atoms with van der Waals surface area (Å²) < 4.78 is 5.27. The van der Waals surface area contributed by atoms with Crippen molar-refractivity contribution in [2.45, 2.75) is 30.1 Å². The average molecular weight is 422 g/mol. The summed E-state index contributed by atoms with van der Waals surface area (Å²) in [5, 5.41) is 2.80. The number of alkyl halides is 1. The van der Waals surface area contributed by atoms with Crippen molar-refractivity contribution in [3.63, 3.8) is 0 Å². The first kappa shape index (κ1) is 19.1. The van der Waals surface area contributed by atoms with Gasteiger partial charge in [0.15, 0.2) is 0 Å². The zero-order valence-electron chi connectivity index (χ0n) is 15.1. The number of hydrogen-bond donors (Lipinski definition) is 1. The summed E-state index contributed by atoms with van der Waals surface area (Å²) in [7, 11) is 0. The van der Waals surface area contributed by atoms with Crippen molar-refractivity contribution in [2.24, 2.45) is 0 Å². The van der Waals surface area contributed by atoms with Crippen molar-refractivity contribution in [3.8, 4) is 0 Å². The highest BCUT2D eigenvalue weighted by Gasteiger charge is 2.33. The largest absolute Gasteiger partial charge is 0.442 e. The number of benzene rings is 1. The Morgan fingerprint density at radius 3 is 2.54 bits per heavy atom. The summed E-state index contributed by atoms with van der Waals surface area (Å²) in [6.07, 6.45) is 3.06. The van der Waals surface area contributed by atoms with Gasteiger partial charge in [0.2, 0.25) is 5.91 Å². The molecule has 0 aromatic heterocycles. The molecule has 2 atom stereocenters. The fourth-order valence-electron chi connectivity index (χ4n) is 3.45. The lowest BCUT2D eigenvalue weighted by Crippen LogP contribution is -2.34. The molecular formula is C19H20ClN3O4S. The molecule has 1 aromatic rings. The second-order valence-corrected chi connectivity index (χ2v) is 8.85. The summed E-state index contributed by atoms with van der Waals surface area (Å²) in [4.78, 5) is 40.1. The minimum atomic E-state index is -0.445. The van der Waals surface area contributed by atoms with Crippen LogP contribution in [-0.2, 0) is 14.3 Å². The van der Waals surface area contributed by atoms with E-state index >= 15 is 0 Å². The third-order valence-electron chi connectivity index (χ3n) is 4.88. The summed E-state index contributed by atoms with van der Waals surface area (Å²) in [5.74, 6) is -0.0672. The molecule has 3 heterocycles. The van der Waals surface area contributed by atoms with Crippen molar-refractivity contribution in [2.75, 3.05) is 29.4 Å². The first-order valence-electron chi connectivity index (χ1n) is 9.19. The maximum atomic E-state index is 12.2. The average Bonchev–Trinajstić information content (AvgIpc) is 3.40. The van der Waals surface area contributed by atoms with E-state index in [2.05, 4.69) is 5.32 Å². The lowest BCUT2D eigenvalue weighted by atomic mass is 10.2. The van der Waals surface area contributed by atoms with E-state index in [-0.39, 0.29) is 23.1 Å². The number of nitrogens with zero attached hydrogens (tertiary/aromatic N) is 2. The van der Waals surface area contributed by atoms with E-state index < -0.39 is 12.2 Å². The highest BCUT2D eigenvalue weighted by atomic mass is 35.5. The molecule has 2 fully saturated rings. The molecule has 0 radical (unpaired) electrons. The molecule has 0 aliphatic carbocycles. The van der Waals surface area contributed by atoms with E-state index in [4.69, 9.17) is 16.3 Å². The molecule has 9 heteroatoms. The molecule has 1 N–H and O–H groups in total. The lowest BCUT2D eigenvalue weighted by Gasteiger charge is -2.18. The number of thioether (sulfide) groups is 1. The van der Waals surface area contributed by atoms with Gasteiger partial charge in [0.05, 0.1) is 22.7 Å². The maximum Gasteiger partial charge on any atom is 0.414 e. The van der Waals surface area contributed by atoms with Crippen LogP contribution in [0, 0.1) is 0 Å². The van der Waals surface area contributed by atoms with Gasteiger partial charge in [-0.3, -0.25) is 14.5 Å². The number of allylic oxidation sites excluding steroid dienone is 1. The van der Waals surface area contributed by atoms with E-state index in [1.54, 1.807) is 4.90 Å². The van der Waals surface area contributed by atoms with Crippen LogP contribution in [0.5, 0.6) is 0 Å².